The average molecular weight is 359 g/mol. The van der Waals surface area contributed by atoms with Crippen LogP contribution in [0.25, 0.3) is 0 Å². The first-order valence-corrected chi connectivity index (χ1v) is 9.61. The zero-order valence-electron chi connectivity index (χ0n) is 15.0. The van der Waals surface area contributed by atoms with Gasteiger partial charge in [-0.1, -0.05) is 12.1 Å². The van der Waals surface area contributed by atoms with E-state index in [2.05, 4.69) is 16.4 Å². The van der Waals surface area contributed by atoms with Crippen LogP contribution in [0.2, 0.25) is 0 Å². The molecule has 0 saturated carbocycles. The van der Waals surface area contributed by atoms with Crippen molar-refractivity contribution >= 4 is 17.2 Å². The number of amides is 1. The summed E-state index contributed by atoms with van der Waals surface area (Å²) in [6, 6.07) is 7.92. The number of fused-ring (bicyclic) bond motifs is 1. The van der Waals surface area contributed by atoms with Crippen molar-refractivity contribution in [3.05, 3.63) is 45.9 Å². The number of rotatable bonds is 6. The van der Waals surface area contributed by atoms with Crippen molar-refractivity contribution in [1.82, 2.24) is 15.2 Å². The summed E-state index contributed by atoms with van der Waals surface area (Å²) in [4.78, 5) is 20.6. The number of carbonyl (C=O) groups excluding carboxylic acids is 1. The number of aromatic nitrogens is 1. The molecule has 1 aromatic carbocycles. The van der Waals surface area contributed by atoms with Crippen LogP contribution in [-0.2, 0) is 11.2 Å². The Bertz CT molecular complexity index is 729. The van der Waals surface area contributed by atoms with E-state index in [4.69, 9.17) is 4.74 Å². The molecule has 1 unspecified atom stereocenters. The van der Waals surface area contributed by atoms with Crippen LogP contribution < -0.4 is 10.1 Å². The van der Waals surface area contributed by atoms with Gasteiger partial charge in [0.2, 0.25) is 5.91 Å². The SMILES string of the molecule is CNCCC(=O)N1CCc2scnc2C1c1cccc(OC(C)C)c1. The molecule has 0 bridgehead atoms. The van der Waals surface area contributed by atoms with Gasteiger partial charge in [0.1, 0.15) is 11.8 Å². The Morgan fingerprint density at radius 1 is 1.48 bits per heavy atom. The second-order valence-corrected chi connectivity index (χ2v) is 7.43. The highest BCUT2D eigenvalue weighted by atomic mass is 32.1. The molecule has 1 N–H and O–H groups in total. The van der Waals surface area contributed by atoms with Crippen LogP contribution in [0.4, 0.5) is 0 Å². The molecular weight excluding hydrogens is 334 g/mol. The minimum Gasteiger partial charge on any atom is -0.491 e. The molecule has 0 radical (unpaired) electrons. The van der Waals surface area contributed by atoms with Crippen LogP contribution in [0.15, 0.2) is 29.8 Å². The van der Waals surface area contributed by atoms with Gasteiger partial charge in [-0.05, 0) is 38.6 Å². The number of benzene rings is 1. The third-order valence-electron chi connectivity index (χ3n) is 4.28. The molecule has 0 spiro atoms. The van der Waals surface area contributed by atoms with Gasteiger partial charge >= 0.3 is 0 Å². The second kappa shape index (κ2) is 7.97. The van der Waals surface area contributed by atoms with Crippen molar-refractivity contribution in [2.24, 2.45) is 0 Å². The van der Waals surface area contributed by atoms with Gasteiger partial charge in [0.05, 0.1) is 17.3 Å². The fourth-order valence-electron chi connectivity index (χ4n) is 3.20. The molecule has 1 aliphatic rings. The lowest BCUT2D eigenvalue weighted by Gasteiger charge is -2.35. The van der Waals surface area contributed by atoms with Gasteiger partial charge in [0.25, 0.3) is 0 Å². The topological polar surface area (TPSA) is 54.5 Å². The van der Waals surface area contributed by atoms with Crippen molar-refractivity contribution in [3.63, 3.8) is 0 Å². The summed E-state index contributed by atoms with van der Waals surface area (Å²) in [5, 5.41) is 3.06. The van der Waals surface area contributed by atoms with E-state index in [0.717, 1.165) is 30.0 Å². The lowest BCUT2D eigenvalue weighted by molar-refractivity contribution is -0.133. The van der Waals surface area contributed by atoms with Gasteiger partial charge in [-0.15, -0.1) is 11.3 Å². The molecule has 0 fully saturated rings. The van der Waals surface area contributed by atoms with Crippen molar-refractivity contribution in [1.29, 1.82) is 0 Å². The molecule has 1 aromatic heterocycles. The molecule has 1 aliphatic heterocycles. The smallest absolute Gasteiger partial charge is 0.224 e. The normalized spacial score (nSPS) is 16.8. The Labute approximate surface area is 153 Å². The number of hydrogen-bond donors (Lipinski definition) is 1. The van der Waals surface area contributed by atoms with E-state index in [9.17, 15) is 4.79 Å². The molecule has 6 heteroatoms. The maximum atomic E-state index is 12.8. The minimum atomic E-state index is -0.130. The molecule has 1 atom stereocenters. The van der Waals surface area contributed by atoms with Crippen molar-refractivity contribution < 1.29 is 9.53 Å². The molecule has 0 saturated heterocycles. The first kappa shape index (κ1) is 17.9. The van der Waals surface area contributed by atoms with Crippen LogP contribution in [0.1, 0.15) is 42.4 Å². The lowest BCUT2D eigenvalue weighted by Crippen LogP contribution is -2.41. The predicted molar refractivity (Wildman–Crippen MR) is 100 cm³/mol. The fourth-order valence-corrected chi connectivity index (χ4v) is 3.99. The Balaban J connectivity index is 1.95. The lowest BCUT2D eigenvalue weighted by atomic mass is 9.96. The van der Waals surface area contributed by atoms with Gasteiger partial charge < -0.3 is 15.0 Å². The minimum absolute atomic E-state index is 0.116. The van der Waals surface area contributed by atoms with Gasteiger partial charge in [-0.3, -0.25) is 4.79 Å². The summed E-state index contributed by atoms with van der Waals surface area (Å²) in [6.45, 7) is 5.44. The highest BCUT2D eigenvalue weighted by molar-refractivity contribution is 7.09. The van der Waals surface area contributed by atoms with Crippen LogP contribution in [-0.4, -0.2) is 42.0 Å². The summed E-state index contributed by atoms with van der Waals surface area (Å²) < 4.78 is 5.84. The van der Waals surface area contributed by atoms with E-state index in [0.29, 0.717) is 13.0 Å². The summed E-state index contributed by atoms with van der Waals surface area (Å²) >= 11 is 1.68. The van der Waals surface area contributed by atoms with E-state index in [-0.39, 0.29) is 18.1 Å². The van der Waals surface area contributed by atoms with Gasteiger partial charge in [0, 0.05) is 30.8 Å². The number of ether oxygens (including phenoxy) is 1. The monoisotopic (exact) mass is 359 g/mol. The van der Waals surface area contributed by atoms with Gasteiger partial charge in [-0.2, -0.15) is 0 Å². The van der Waals surface area contributed by atoms with Crippen molar-refractivity contribution in [3.8, 4) is 5.75 Å². The molecule has 0 aliphatic carbocycles. The largest absolute Gasteiger partial charge is 0.491 e. The number of thiazole rings is 1. The number of nitrogens with zero attached hydrogens (tertiary/aromatic N) is 2. The Hall–Kier alpha value is -1.92. The highest BCUT2D eigenvalue weighted by Crippen LogP contribution is 2.37. The standard InChI is InChI=1S/C19H25N3O2S/c1-13(2)24-15-6-4-5-14(11-15)19-18-16(25-12-21-18)8-10-22(19)17(23)7-9-20-3/h4-6,11-13,19-20H,7-10H2,1-3H3. The highest BCUT2D eigenvalue weighted by Gasteiger charge is 2.33. The van der Waals surface area contributed by atoms with Gasteiger partial charge in [0.15, 0.2) is 0 Å². The van der Waals surface area contributed by atoms with E-state index < -0.39 is 0 Å². The average Bonchev–Trinajstić information content (AvgIpc) is 3.07. The number of hydrogen-bond acceptors (Lipinski definition) is 5. The third-order valence-corrected chi connectivity index (χ3v) is 5.19. The molecule has 2 heterocycles. The summed E-state index contributed by atoms with van der Waals surface area (Å²) in [5.74, 6) is 0.991. The fraction of sp³-hybridized carbons (Fsp3) is 0.474. The molecule has 3 rings (SSSR count). The number of carbonyl (C=O) groups is 1. The molecule has 25 heavy (non-hydrogen) atoms. The molecular formula is C19H25N3O2S. The summed E-state index contributed by atoms with van der Waals surface area (Å²) in [6.07, 6.45) is 1.49. The second-order valence-electron chi connectivity index (χ2n) is 6.49. The van der Waals surface area contributed by atoms with Crippen LogP contribution in [0.5, 0.6) is 5.75 Å². The quantitative estimate of drug-likeness (QED) is 0.861. The van der Waals surface area contributed by atoms with E-state index in [1.54, 1.807) is 11.3 Å². The van der Waals surface area contributed by atoms with Crippen LogP contribution >= 0.6 is 11.3 Å². The summed E-state index contributed by atoms with van der Waals surface area (Å²) in [7, 11) is 1.87. The number of nitrogens with one attached hydrogen (secondary N) is 1. The van der Waals surface area contributed by atoms with E-state index in [1.165, 1.54) is 4.88 Å². The zero-order chi connectivity index (χ0) is 17.8. The zero-order valence-corrected chi connectivity index (χ0v) is 15.8. The van der Waals surface area contributed by atoms with E-state index in [1.807, 2.05) is 49.5 Å². The van der Waals surface area contributed by atoms with Crippen LogP contribution in [0.3, 0.4) is 0 Å². The van der Waals surface area contributed by atoms with Gasteiger partial charge in [-0.25, -0.2) is 4.98 Å². The van der Waals surface area contributed by atoms with Crippen LogP contribution in [0, 0.1) is 0 Å². The summed E-state index contributed by atoms with van der Waals surface area (Å²) in [5.41, 5.74) is 3.95. The van der Waals surface area contributed by atoms with Crippen molar-refractivity contribution in [2.45, 2.75) is 38.8 Å². The molecule has 5 nitrogen and oxygen atoms in total. The first-order chi connectivity index (χ1) is 12.1. The van der Waals surface area contributed by atoms with E-state index >= 15 is 0 Å². The predicted octanol–water partition coefficient (Wildman–Crippen LogP) is 3.01. The maximum absolute atomic E-state index is 12.8. The molecule has 2 aromatic rings. The molecule has 134 valence electrons. The Morgan fingerprint density at radius 3 is 3.08 bits per heavy atom. The van der Waals surface area contributed by atoms with Crippen molar-refractivity contribution in [2.75, 3.05) is 20.1 Å². The Morgan fingerprint density at radius 2 is 2.32 bits per heavy atom. The third kappa shape index (κ3) is 4.02. The molecule has 1 amide bonds. The Kier molecular flexibility index (Phi) is 5.71. The maximum Gasteiger partial charge on any atom is 0.224 e. The first-order valence-electron chi connectivity index (χ1n) is 8.73.